The minimum Gasteiger partial charge on any atom is -0.481 e. The van der Waals surface area contributed by atoms with Crippen molar-refractivity contribution in [2.75, 3.05) is 25.0 Å². The average molecular weight is 262 g/mol. The maximum atomic E-state index is 12.1. The van der Waals surface area contributed by atoms with Crippen LogP contribution in [0.15, 0.2) is 24.3 Å². The molecular weight excluding hydrogens is 244 g/mol. The van der Waals surface area contributed by atoms with Crippen LogP contribution in [-0.2, 0) is 11.2 Å². The number of carbonyl (C=O) groups excluding carboxylic acids is 1. The van der Waals surface area contributed by atoms with E-state index < -0.39 is 11.9 Å². The molecule has 1 fully saturated rings. The first-order valence-electron chi connectivity index (χ1n) is 6.37. The molecule has 19 heavy (non-hydrogen) atoms. The number of carboxylic acids is 1. The fourth-order valence-electron chi connectivity index (χ4n) is 2.07. The van der Waals surface area contributed by atoms with Gasteiger partial charge in [0.05, 0.1) is 5.92 Å². The van der Waals surface area contributed by atoms with Crippen LogP contribution in [0.2, 0.25) is 0 Å². The van der Waals surface area contributed by atoms with Crippen molar-refractivity contribution in [1.29, 1.82) is 0 Å². The van der Waals surface area contributed by atoms with Crippen molar-refractivity contribution in [3.05, 3.63) is 29.8 Å². The molecule has 1 aromatic carbocycles. The highest BCUT2D eigenvalue weighted by Gasteiger charge is 2.37. The summed E-state index contributed by atoms with van der Waals surface area (Å²) >= 11 is 0. The number of aliphatic carboxylic acids is 1. The van der Waals surface area contributed by atoms with Crippen LogP contribution in [0.3, 0.4) is 0 Å². The Morgan fingerprint density at radius 1 is 1.32 bits per heavy atom. The van der Waals surface area contributed by atoms with Gasteiger partial charge in [0.1, 0.15) is 0 Å². The molecule has 0 saturated carbocycles. The Morgan fingerprint density at radius 3 is 2.37 bits per heavy atom. The molecule has 1 N–H and O–H groups in total. The Hall–Kier alpha value is -2.04. The zero-order valence-corrected chi connectivity index (χ0v) is 11.2. The van der Waals surface area contributed by atoms with Crippen LogP contribution in [0.1, 0.15) is 12.5 Å². The van der Waals surface area contributed by atoms with Gasteiger partial charge in [-0.1, -0.05) is 19.1 Å². The summed E-state index contributed by atoms with van der Waals surface area (Å²) in [5.41, 5.74) is 2.04. The number of nitrogens with zero attached hydrogens (tertiary/aromatic N) is 2. The van der Waals surface area contributed by atoms with E-state index in [1.165, 1.54) is 5.56 Å². The van der Waals surface area contributed by atoms with E-state index in [0.717, 1.165) is 12.1 Å². The molecule has 1 aromatic rings. The molecule has 0 spiro atoms. The van der Waals surface area contributed by atoms with Crippen LogP contribution in [0.4, 0.5) is 10.5 Å². The third-order valence-electron chi connectivity index (χ3n) is 3.52. The van der Waals surface area contributed by atoms with Gasteiger partial charge in [0.15, 0.2) is 0 Å². The molecule has 0 aromatic heterocycles. The second-order valence-corrected chi connectivity index (χ2v) is 4.80. The lowest BCUT2D eigenvalue weighted by molar-refractivity contribution is -0.145. The number of aryl methyl sites for hydroxylation is 1. The van der Waals surface area contributed by atoms with E-state index in [1.807, 2.05) is 24.3 Å². The predicted molar refractivity (Wildman–Crippen MR) is 72.3 cm³/mol. The van der Waals surface area contributed by atoms with E-state index in [4.69, 9.17) is 5.11 Å². The molecule has 5 heteroatoms. The molecule has 0 radical (unpaired) electrons. The number of carboxylic acid groups (broad SMARTS) is 1. The molecule has 0 atom stereocenters. The number of hydrogen-bond donors (Lipinski definition) is 1. The maximum absolute atomic E-state index is 12.1. The number of carbonyl (C=O) groups is 2. The number of anilines is 1. The van der Waals surface area contributed by atoms with Gasteiger partial charge < -0.3 is 10.0 Å². The molecule has 5 nitrogen and oxygen atoms in total. The van der Waals surface area contributed by atoms with Gasteiger partial charge in [-0.25, -0.2) is 4.79 Å². The third-order valence-corrected chi connectivity index (χ3v) is 3.52. The number of urea groups is 1. The fourth-order valence-corrected chi connectivity index (χ4v) is 2.07. The van der Waals surface area contributed by atoms with Gasteiger partial charge in [-0.2, -0.15) is 0 Å². The normalized spacial score (nSPS) is 14.9. The maximum Gasteiger partial charge on any atom is 0.324 e. The molecule has 2 rings (SSSR count). The second-order valence-electron chi connectivity index (χ2n) is 4.80. The van der Waals surface area contributed by atoms with Crippen LogP contribution < -0.4 is 4.90 Å². The lowest BCUT2D eigenvalue weighted by atomic mass is 10.0. The van der Waals surface area contributed by atoms with Crippen molar-refractivity contribution in [3.8, 4) is 0 Å². The first-order chi connectivity index (χ1) is 9.02. The van der Waals surface area contributed by atoms with Gasteiger partial charge in [0, 0.05) is 25.8 Å². The van der Waals surface area contributed by atoms with Crippen LogP contribution in [0.25, 0.3) is 0 Å². The highest BCUT2D eigenvalue weighted by Crippen LogP contribution is 2.21. The standard InChI is InChI=1S/C14H18N2O3/c1-3-10-4-6-12(7-5-10)15(2)14(19)16-8-11(9-16)13(17)18/h4-7,11H,3,8-9H2,1-2H3,(H,17,18). The highest BCUT2D eigenvalue weighted by atomic mass is 16.4. The summed E-state index contributed by atoms with van der Waals surface area (Å²) in [6.07, 6.45) is 0.963. The van der Waals surface area contributed by atoms with Crippen molar-refractivity contribution < 1.29 is 14.7 Å². The van der Waals surface area contributed by atoms with Gasteiger partial charge >= 0.3 is 12.0 Å². The highest BCUT2D eigenvalue weighted by molar-refractivity contribution is 5.93. The molecule has 0 aliphatic carbocycles. The summed E-state index contributed by atoms with van der Waals surface area (Å²) in [7, 11) is 1.71. The predicted octanol–water partition coefficient (Wildman–Crippen LogP) is 1.82. The zero-order valence-electron chi connectivity index (χ0n) is 11.2. The summed E-state index contributed by atoms with van der Waals surface area (Å²) in [4.78, 5) is 25.9. The SMILES string of the molecule is CCc1ccc(N(C)C(=O)N2CC(C(=O)O)C2)cc1. The molecular formula is C14H18N2O3. The van der Waals surface area contributed by atoms with Crippen LogP contribution in [0, 0.1) is 5.92 Å². The van der Waals surface area contributed by atoms with E-state index in [1.54, 1.807) is 16.8 Å². The monoisotopic (exact) mass is 262 g/mol. The summed E-state index contributed by atoms with van der Waals surface area (Å²) in [5, 5.41) is 8.79. The van der Waals surface area contributed by atoms with E-state index in [2.05, 4.69) is 6.92 Å². The van der Waals surface area contributed by atoms with Gasteiger partial charge in [0.2, 0.25) is 0 Å². The largest absolute Gasteiger partial charge is 0.481 e. The van der Waals surface area contributed by atoms with E-state index >= 15 is 0 Å². The summed E-state index contributed by atoms with van der Waals surface area (Å²) in [6, 6.07) is 7.66. The van der Waals surface area contributed by atoms with Gasteiger partial charge in [-0.05, 0) is 24.1 Å². The molecule has 1 aliphatic heterocycles. The van der Waals surface area contributed by atoms with Crippen molar-refractivity contribution in [2.24, 2.45) is 5.92 Å². The fraction of sp³-hybridized carbons (Fsp3) is 0.429. The molecule has 102 valence electrons. The topological polar surface area (TPSA) is 60.9 Å². The van der Waals surface area contributed by atoms with Crippen molar-refractivity contribution in [3.63, 3.8) is 0 Å². The average Bonchev–Trinajstić information content (AvgIpc) is 2.35. The first-order valence-corrected chi connectivity index (χ1v) is 6.37. The van der Waals surface area contributed by atoms with Crippen molar-refractivity contribution in [1.82, 2.24) is 4.90 Å². The number of hydrogen-bond acceptors (Lipinski definition) is 2. The Morgan fingerprint density at radius 2 is 1.89 bits per heavy atom. The van der Waals surface area contributed by atoms with Gasteiger partial charge in [-0.15, -0.1) is 0 Å². The molecule has 0 unspecified atom stereocenters. The quantitative estimate of drug-likeness (QED) is 0.904. The molecule has 1 saturated heterocycles. The molecule has 0 bridgehead atoms. The smallest absolute Gasteiger partial charge is 0.324 e. The van der Waals surface area contributed by atoms with E-state index in [-0.39, 0.29) is 6.03 Å². The Balaban J connectivity index is 1.97. The number of amides is 2. The van der Waals surface area contributed by atoms with E-state index in [9.17, 15) is 9.59 Å². The zero-order chi connectivity index (χ0) is 14.0. The van der Waals surface area contributed by atoms with Crippen molar-refractivity contribution >= 4 is 17.7 Å². The van der Waals surface area contributed by atoms with Crippen LogP contribution >= 0.6 is 0 Å². The van der Waals surface area contributed by atoms with Gasteiger partial charge in [0.25, 0.3) is 0 Å². The Bertz CT molecular complexity index is 478. The molecule has 1 aliphatic rings. The third kappa shape index (κ3) is 2.70. The van der Waals surface area contributed by atoms with Crippen LogP contribution in [-0.4, -0.2) is 42.1 Å². The summed E-state index contributed by atoms with van der Waals surface area (Å²) in [5.74, 6) is -1.25. The first kappa shape index (κ1) is 13.4. The minimum atomic E-state index is -0.834. The Kier molecular flexibility index (Phi) is 3.74. The Labute approximate surface area is 112 Å². The lowest BCUT2D eigenvalue weighted by Gasteiger charge is -2.38. The number of rotatable bonds is 3. The number of benzene rings is 1. The molecule has 1 heterocycles. The van der Waals surface area contributed by atoms with E-state index in [0.29, 0.717) is 13.1 Å². The number of likely N-dealkylation sites (tertiary alicyclic amines) is 1. The second kappa shape index (κ2) is 5.30. The molecule has 2 amide bonds. The summed E-state index contributed by atoms with van der Waals surface area (Å²) in [6.45, 7) is 2.67. The van der Waals surface area contributed by atoms with Crippen molar-refractivity contribution in [2.45, 2.75) is 13.3 Å². The summed E-state index contributed by atoms with van der Waals surface area (Å²) < 4.78 is 0. The van der Waals surface area contributed by atoms with Crippen LogP contribution in [0.5, 0.6) is 0 Å². The minimum absolute atomic E-state index is 0.151. The van der Waals surface area contributed by atoms with Gasteiger partial charge in [-0.3, -0.25) is 9.69 Å². The lowest BCUT2D eigenvalue weighted by Crippen LogP contribution is -2.56.